The van der Waals surface area contributed by atoms with E-state index >= 15 is 0 Å². The van der Waals surface area contributed by atoms with Gasteiger partial charge in [0.05, 0.1) is 5.69 Å². The molecule has 1 unspecified atom stereocenters. The van der Waals surface area contributed by atoms with Gasteiger partial charge in [-0.15, -0.1) is 0 Å². The minimum absolute atomic E-state index is 0.00571. The minimum Gasteiger partial charge on any atom is -0.294 e. The Kier molecular flexibility index (Phi) is 4.44. The summed E-state index contributed by atoms with van der Waals surface area (Å²) in [6.07, 6.45) is 0.965. The molecule has 138 valence electrons. The molecule has 4 nitrogen and oxygen atoms in total. The van der Waals surface area contributed by atoms with E-state index in [4.69, 9.17) is 0 Å². The van der Waals surface area contributed by atoms with E-state index in [1.807, 2.05) is 68.4 Å². The number of Topliss-reactive ketones (excluding diaryl/α,β-unsaturated/α-hetero) is 1. The second kappa shape index (κ2) is 6.94. The first-order chi connectivity index (χ1) is 13.5. The first kappa shape index (κ1) is 17.9. The van der Waals surface area contributed by atoms with Crippen LogP contribution in [0.4, 0.5) is 0 Å². The van der Waals surface area contributed by atoms with E-state index in [2.05, 4.69) is 0 Å². The third-order valence-electron chi connectivity index (χ3n) is 5.68. The maximum atomic E-state index is 13.1. The molecule has 1 aliphatic rings. The highest BCUT2D eigenvalue weighted by Crippen LogP contribution is 2.34. The molecule has 0 saturated heterocycles. The number of nitriles is 1. The normalized spacial score (nSPS) is 15.8. The second-order valence-electron chi connectivity index (χ2n) is 7.33. The molecule has 1 aliphatic carbocycles. The zero-order chi connectivity index (χ0) is 19.8. The number of nitrogens with zero attached hydrogens (tertiary/aromatic N) is 2. The largest absolute Gasteiger partial charge is 0.294 e. The predicted molar refractivity (Wildman–Crippen MR) is 108 cm³/mol. The molecule has 1 aromatic heterocycles. The third-order valence-corrected chi connectivity index (χ3v) is 5.68. The number of hydrogen-bond acceptors (Lipinski definition) is 3. The van der Waals surface area contributed by atoms with Crippen LogP contribution in [-0.2, 0) is 6.42 Å². The van der Waals surface area contributed by atoms with Crippen molar-refractivity contribution in [3.8, 4) is 11.8 Å². The number of rotatable bonds is 2. The van der Waals surface area contributed by atoms with Crippen LogP contribution in [0.2, 0.25) is 0 Å². The van der Waals surface area contributed by atoms with Gasteiger partial charge in [-0.05, 0) is 55.0 Å². The third kappa shape index (κ3) is 2.86. The van der Waals surface area contributed by atoms with E-state index in [1.54, 1.807) is 4.57 Å². The lowest BCUT2D eigenvalue weighted by molar-refractivity contribution is 0.0962. The summed E-state index contributed by atoms with van der Waals surface area (Å²) in [4.78, 5) is 26.1. The number of aryl methyl sites for hydroxylation is 1. The number of carbonyl (C=O) groups is 1. The number of pyridine rings is 1. The highest BCUT2D eigenvalue weighted by Gasteiger charge is 2.30. The van der Waals surface area contributed by atoms with Gasteiger partial charge in [-0.3, -0.25) is 14.2 Å². The lowest BCUT2D eigenvalue weighted by Gasteiger charge is -2.27. The highest BCUT2D eigenvalue weighted by molar-refractivity contribution is 5.99. The Morgan fingerprint density at radius 3 is 2.46 bits per heavy atom. The fourth-order valence-electron chi connectivity index (χ4n) is 4.01. The Hall–Kier alpha value is -3.45. The summed E-state index contributed by atoms with van der Waals surface area (Å²) in [5.41, 5.74) is 4.68. The van der Waals surface area contributed by atoms with Gasteiger partial charge >= 0.3 is 0 Å². The number of fused-ring (bicyclic) bond motifs is 1. The van der Waals surface area contributed by atoms with Crippen molar-refractivity contribution in [1.29, 1.82) is 5.26 Å². The maximum absolute atomic E-state index is 13.1. The van der Waals surface area contributed by atoms with Gasteiger partial charge in [0.1, 0.15) is 11.6 Å². The van der Waals surface area contributed by atoms with Crippen molar-refractivity contribution in [2.24, 2.45) is 0 Å². The van der Waals surface area contributed by atoms with Crippen molar-refractivity contribution in [2.45, 2.75) is 32.6 Å². The summed E-state index contributed by atoms with van der Waals surface area (Å²) < 4.78 is 1.59. The van der Waals surface area contributed by atoms with Crippen LogP contribution in [-0.4, -0.2) is 10.4 Å². The zero-order valence-corrected chi connectivity index (χ0v) is 15.9. The summed E-state index contributed by atoms with van der Waals surface area (Å²) in [5.74, 6) is -0.00411. The molecule has 1 heterocycles. The van der Waals surface area contributed by atoms with Crippen LogP contribution in [0.25, 0.3) is 5.69 Å². The Morgan fingerprint density at radius 1 is 1.00 bits per heavy atom. The van der Waals surface area contributed by atoms with E-state index < -0.39 is 0 Å². The van der Waals surface area contributed by atoms with Crippen molar-refractivity contribution < 1.29 is 4.79 Å². The Labute approximate surface area is 163 Å². The first-order valence-corrected chi connectivity index (χ1v) is 9.35. The number of aromatic nitrogens is 1. The maximum Gasteiger partial charge on any atom is 0.273 e. The molecule has 3 aromatic rings. The topological polar surface area (TPSA) is 62.9 Å². The second-order valence-corrected chi connectivity index (χ2v) is 7.33. The molecule has 0 spiro atoms. The van der Waals surface area contributed by atoms with Gasteiger partial charge in [0.2, 0.25) is 0 Å². The average molecular weight is 368 g/mol. The standard InChI is InChI=1S/C24H20N2O2/c1-15-7-6-10-21(16(15)2)26-22-12-18(17-8-4-3-5-9-17)13-23(27)20(22)11-19(14-25)24(26)28/h3-11,18H,12-13H2,1-2H3. The molecule has 4 heteroatoms. The zero-order valence-electron chi connectivity index (χ0n) is 15.9. The molecular formula is C24H20N2O2. The summed E-state index contributed by atoms with van der Waals surface area (Å²) in [7, 11) is 0. The van der Waals surface area contributed by atoms with Crippen molar-refractivity contribution in [3.63, 3.8) is 0 Å². The molecule has 1 atom stereocenters. The van der Waals surface area contributed by atoms with Gasteiger partial charge in [0.15, 0.2) is 5.78 Å². The van der Waals surface area contributed by atoms with E-state index in [-0.39, 0.29) is 22.8 Å². The number of carbonyl (C=O) groups excluding carboxylic acids is 1. The molecule has 4 rings (SSSR count). The molecule has 0 aliphatic heterocycles. The van der Waals surface area contributed by atoms with Gasteiger partial charge in [-0.2, -0.15) is 5.26 Å². The number of benzene rings is 2. The molecule has 28 heavy (non-hydrogen) atoms. The Balaban J connectivity index is 1.99. The average Bonchev–Trinajstić information content (AvgIpc) is 2.71. The molecular weight excluding hydrogens is 348 g/mol. The van der Waals surface area contributed by atoms with Crippen LogP contribution in [0, 0.1) is 25.2 Å². The lowest BCUT2D eigenvalue weighted by atomic mass is 9.81. The van der Waals surface area contributed by atoms with Crippen LogP contribution >= 0.6 is 0 Å². The van der Waals surface area contributed by atoms with E-state index in [0.29, 0.717) is 24.1 Å². The fourth-order valence-corrected chi connectivity index (χ4v) is 4.01. The monoisotopic (exact) mass is 368 g/mol. The van der Waals surface area contributed by atoms with Crippen molar-refractivity contribution in [3.05, 3.63) is 98.5 Å². The Bertz CT molecular complexity index is 1180. The minimum atomic E-state index is -0.364. The summed E-state index contributed by atoms with van der Waals surface area (Å²) in [6.45, 7) is 3.95. The van der Waals surface area contributed by atoms with E-state index in [0.717, 1.165) is 22.4 Å². The van der Waals surface area contributed by atoms with Gasteiger partial charge < -0.3 is 0 Å². The van der Waals surface area contributed by atoms with Crippen LogP contribution in [0.1, 0.15) is 50.6 Å². The molecule has 0 amide bonds. The summed E-state index contributed by atoms with van der Waals surface area (Å²) in [5, 5.41) is 9.46. The predicted octanol–water partition coefficient (Wildman–Crippen LogP) is 4.24. The first-order valence-electron chi connectivity index (χ1n) is 9.35. The number of ketones is 1. The van der Waals surface area contributed by atoms with Crippen molar-refractivity contribution in [2.75, 3.05) is 0 Å². The van der Waals surface area contributed by atoms with Crippen LogP contribution < -0.4 is 5.56 Å². The van der Waals surface area contributed by atoms with Crippen LogP contribution in [0.3, 0.4) is 0 Å². The Morgan fingerprint density at radius 2 is 1.75 bits per heavy atom. The molecule has 0 fully saturated rings. The van der Waals surface area contributed by atoms with Crippen molar-refractivity contribution in [1.82, 2.24) is 4.57 Å². The molecule has 0 radical (unpaired) electrons. The summed E-state index contributed by atoms with van der Waals surface area (Å²) >= 11 is 0. The molecule has 0 N–H and O–H groups in total. The van der Waals surface area contributed by atoms with Crippen LogP contribution in [0.5, 0.6) is 0 Å². The van der Waals surface area contributed by atoms with Gasteiger partial charge in [0, 0.05) is 17.7 Å². The highest BCUT2D eigenvalue weighted by atomic mass is 16.1. The van der Waals surface area contributed by atoms with E-state index in [1.165, 1.54) is 6.07 Å². The number of hydrogen-bond donors (Lipinski definition) is 0. The van der Waals surface area contributed by atoms with Crippen LogP contribution in [0.15, 0.2) is 59.4 Å². The molecule has 2 aromatic carbocycles. The SMILES string of the molecule is Cc1cccc(-n2c3c(cc(C#N)c2=O)C(=O)CC(c2ccccc2)C3)c1C. The molecule has 0 bridgehead atoms. The lowest BCUT2D eigenvalue weighted by Crippen LogP contribution is -2.32. The van der Waals surface area contributed by atoms with Gasteiger partial charge in [-0.25, -0.2) is 0 Å². The van der Waals surface area contributed by atoms with Gasteiger partial charge in [0.25, 0.3) is 5.56 Å². The summed E-state index contributed by atoms with van der Waals surface area (Å²) in [6, 6.07) is 19.1. The fraction of sp³-hybridized carbons (Fsp3) is 0.208. The van der Waals surface area contributed by atoms with E-state index in [9.17, 15) is 14.9 Å². The smallest absolute Gasteiger partial charge is 0.273 e. The van der Waals surface area contributed by atoms with Gasteiger partial charge in [-0.1, -0.05) is 42.5 Å². The van der Waals surface area contributed by atoms with Crippen molar-refractivity contribution >= 4 is 5.78 Å². The molecule has 0 saturated carbocycles. The quantitative estimate of drug-likeness (QED) is 0.680.